The molecule has 0 radical (unpaired) electrons. The lowest BCUT2D eigenvalue weighted by molar-refractivity contribution is 0.0892. The van der Waals surface area contributed by atoms with Crippen molar-refractivity contribution in [2.45, 2.75) is 20.3 Å². The van der Waals surface area contributed by atoms with E-state index in [1.807, 2.05) is 25.1 Å². The Morgan fingerprint density at radius 3 is 2.46 bits per heavy atom. The Morgan fingerprint density at radius 1 is 1.00 bits per heavy atom. The molecule has 138 valence electrons. The first-order valence-electron chi connectivity index (χ1n) is 8.68. The van der Waals surface area contributed by atoms with Crippen molar-refractivity contribution in [1.82, 2.24) is 0 Å². The molecule has 0 aliphatic carbocycles. The molecular formula is C21H24O5. The molecule has 0 amide bonds. The molecule has 0 aromatic heterocycles. The lowest BCUT2D eigenvalue weighted by Crippen LogP contribution is -2.21. The minimum atomic E-state index is -0.122. The van der Waals surface area contributed by atoms with Crippen LogP contribution in [0, 0.1) is 11.8 Å². The Labute approximate surface area is 153 Å². The lowest BCUT2D eigenvalue weighted by atomic mass is 9.84. The molecule has 0 spiro atoms. The van der Waals surface area contributed by atoms with E-state index in [1.165, 1.54) is 0 Å². The van der Waals surface area contributed by atoms with Crippen LogP contribution < -0.4 is 18.9 Å². The van der Waals surface area contributed by atoms with E-state index in [1.54, 1.807) is 32.4 Å². The number of benzene rings is 2. The molecule has 5 nitrogen and oxygen atoms in total. The summed E-state index contributed by atoms with van der Waals surface area (Å²) in [6.07, 6.45) is 0.776. The standard InChI is InChI=1S/C21H24O5/c1-13(9-15-5-7-17(23-3)19(10-15)24-4)14(2)21(22)16-6-8-18-20(11-16)26-12-25-18/h5-8,10-11,13-14H,9,12H2,1-4H3/t13-,14-/m0/s1. The van der Waals surface area contributed by atoms with Crippen molar-refractivity contribution in [3.05, 3.63) is 47.5 Å². The SMILES string of the molecule is COc1ccc(C[C@H](C)[C@H](C)C(=O)c2ccc3c(c2)OCO3)cc1OC. The van der Waals surface area contributed by atoms with Crippen LogP contribution in [0.4, 0.5) is 0 Å². The van der Waals surface area contributed by atoms with E-state index >= 15 is 0 Å². The predicted molar refractivity (Wildman–Crippen MR) is 98.5 cm³/mol. The molecule has 1 aliphatic heterocycles. The maximum atomic E-state index is 12.9. The van der Waals surface area contributed by atoms with E-state index in [9.17, 15) is 4.79 Å². The van der Waals surface area contributed by atoms with Gasteiger partial charge in [0.1, 0.15) is 0 Å². The number of Topliss-reactive ketones (excluding diaryl/α,β-unsaturated/α-hetero) is 1. The highest BCUT2D eigenvalue weighted by Crippen LogP contribution is 2.34. The zero-order chi connectivity index (χ0) is 18.7. The van der Waals surface area contributed by atoms with E-state index in [-0.39, 0.29) is 24.4 Å². The Kier molecular flexibility index (Phi) is 5.35. The number of rotatable bonds is 7. The average molecular weight is 356 g/mol. The van der Waals surface area contributed by atoms with Gasteiger partial charge in [0.25, 0.3) is 0 Å². The molecule has 0 saturated carbocycles. The van der Waals surface area contributed by atoms with Gasteiger partial charge in [0, 0.05) is 11.5 Å². The topological polar surface area (TPSA) is 54.0 Å². The molecule has 0 saturated heterocycles. The van der Waals surface area contributed by atoms with Crippen LogP contribution in [0.5, 0.6) is 23.0 Å². The second kappa shape index (κ2) is 7.68. The maximum absolute atomic E-state index is 12.9. The largest absolute Gasteiger partial charge is 0.493 e. The highest BCUT2D eigenvalue weighted by atomic mass is 16.7. The van der Waals surface area contributed by atoms with Crippen molar-refractivity contribution in [3.63, 3.8) is 0 Å². The van der Waals surface area contributed by atoms with Gasteiger partial charge in [-0.15, -0.1) is 0 Å². The lowest BCUT2D eigenvalue weighted by Gasteiger charge is -2.20. The summed E-state index contributed by atoms with van der Waals surface area (Å²) >= 11 is 0. The van der Waals surface area contributed by atoms with Gasteiger partial charge < -0.3 is 18.9 Å². The zero-order valence-corrected chi connectivity index (χ0v) is 15.6. The van der Waals surface area contributed by atoms with Gasteiger partial charge in [0.05, 0.1) is 14.2 Å². The smallest absolute Gasteiger partial charge is 0.231 e. The van der Waals surface area contributed by atoms with Gasteiger partial charge in [-0.1, -0.05) is 19.9 Å². The first-order valence-corrected chi connectivity index (χ1v) is 8.68. The minimum absolute atomic E-state index is 0.108. The normalized spacial score (nSPS) is 14.6. The van der Waals surface area contributed by atoms with Gasteiger partial charge >= 0.3 is 0 Å². The number of hydrogen-bond acceptors (Lipinski definition) is 5. The molecular weight excluding hydrogens is 332 g/mol. The Hall–Kier alpha value is -2.69. The Morgan fingerprint density at radius 2 is 1.73 bits per heavy atom. The summed E-state index contributed by atoms with van der Waals surface area (Å²) in [7, 11) is 3.24. The molecule has 5 heteroatoms. The third kappa shape index (κ3) is 3.62. The quantitative estimate of drug-likeness (QED) is 0.698. The molecule has 2 aromatic rings. The van der Waals surface area contributed by atoms with Crippen molar-refractivity contribution < 1.29 is 23.7 Å². The van der Waals surface area contributed by atoms with Gasteiger partial charge in [-0.3, -0.25) is 4.79 Å². The van der Waals surface area contributed by atoms with Crippen LogP contribution in [0.15, 0.2) is 36.4 Å². The monoisotopic (exact) mass is 356 g/mol. The van der Waals surface area contributed by atoms with Crippen molar-refractivity contribution in [2.24, 2.45) is 11.8 Å². The predicted octanol–water partition coefficient (Wildman–Crippen LogP) is 4.13. The van der Waals surface area contributed by atoms with Crippen LogP contribution in [0.1, 0.15) is 29.8 Å². The van der Waals surface area contributed by atoms with Gasteiger partial charge in [-0.25, -0.2) is 0 Å². The summed E-state index contributed by atoms with van der Waals surface area (Å²) in [5, 5.41) is 0. The molecule has 0 N–H and O–H groups in total. The van der Waals surface area contributed by atoms with Crippen LogP contribution in [0.2, 0.25) is 0 Å². The second-order valence-corrected chi connectivity index (χ2v) is 6.59. The van der Waals surface area contributed by atoms with Crippen LogP contribution in [-0.4, -0.2) is 26.8 Å². The summed E-state index contributed by atoms with van der Waals surface area (Å²) < 4.78 is 21.3. The molecule has 26 heavy (non-hydrogen) atoms. The first kappa shape index (κ1) is 18.1. The molecule has 3 rings (SSSR count). The maximum Gasteiger partial charge on any atom is 0.231 e. The van der Waals surface area contributed by atoms with Crippen LogP contribution in [-0.2, 0) is 6.42 Å². The molecule has 2 aromatic carbocycles. The van der Waals surface area contributed by atoms with E-state index in [4.69, 9.17) is 18.9 Å². The third-order valence-corrected chi connectivity index (χ3v) is 4.93. The van der Waals surface area contributed by atoms with E-state index < -0.39 is 0 Å². The van der Waals surface area contributed by atoms with Crippen molar-refractivity contribution >= 4 is 5.78 Å². The number of ketones is 1. The van der Waals surface area contributed by atoms with Gasteiger partial charge in [0.2, 0.25) is 6.79 Å². The Bertz CT molecular complexity index is 799. The molecule has 1 aliphatic rings. The number of methoxy groups -OCH3 is 2. The number of ether oxygens (including phenoxy) is 4. The van der Waals surface area contributed by atoms with Gasteiger partial charge in [-0.05, 0) is 48.2 Å². The van der Waals surface area contributed by atoms with Crippen molar-refractivity contribution in [3.8, 4) is 23.0 Å². The summed E-state index contributed by atoms with van der Waals surface area (Å²) in [5.41, 5.74) is 1.77. The van der Waals surface area contributed by atoms with E-state index in [2.05, 4.69) is 6.92 Å². The number of carbonyl (C=O) groups excluding carboxylic acids is 1. The molecule has 0 bridgehead atoms. The Balaban J connectivity index is 1.71. The summed E-state index contributed by atoms with van der Waals surface area (Å²) in [4.78, 5) is 12.9. The highest BCUT2D eigenvalue weighted by molar-refractivity contribution is 5.98. The van der Waals surface area contributed by atoms with E-state index in [0.717, 1.165) is 12.0 Å². The number of carbonyl (C=O) groups is 1. The van der Waals surface area contributed by atoms with Crippen molar-refractivity contribution in [1.29, 1.82) is 0 Å². The van der Waals surface area contributed by atoms with Crippen LogP contribution in [0.3, 0.4) is 0 Å². The second-order valence-electron chi connectivity index (χ2n) is 6.59. The van der Waals surface area contributed by atoms with Crippen molar-refractivity contribution in [2.75, 3.05) is 21.0 Å². The molecule has 0 unspecified atom stereocenters. The number of fused-ring (bicyclic) bond motifs is 1. The average Bonchev–Trinajstić information content (AvgIpc) is 3.14. The van der Waals surface area contributed by atoms with E-state index in [0.29, 0.717) is 28.6 Å². The summed E-state index contributed by atoms with van der Waals surface area (Å²) in [6, 6.07) is 11.2. The molecule has 1 heterocycles. The van der Waals surface area contributed by atoms with Gasteiger partial charge in [0.15, 0.2) is 28.8 Å². The number of hydrogen-bond donors (Lipinski definition) is 0. The van der Waals surface area contributed by atoms with Crippen LogP contribution >= 0.6 is 0 Å². The minimum Gasteiger partial charge on any atom is -0.493 e. The van der Waals surface area contributed by atoms with Crippen LogP contribution in [0.25, 0.3) is 0 Å². The summed E-state index contributed by atoms with van der Waals surface area (Å²) in [6.45, 7) is 4.27. The van der Waals surface area contributed by atoms with Gasteiger partial charge in [-0.2, -0.15) is 0 Å². The summed E-state index contributed by atoms with van der Waals surface area (Å²) in [5.74, 6) is 2.88. The zero-order valence-electron chi connectivity index (χ0n) is 15.6. The first-order chi connectivity index (χ1) is 12.5. The third-order valence-electron chi connectivity index (χ3n) is 4.93. The fourth-order valence-corrected chi connectivity index (χ4v) is 3.13. The highest BCUT2D eigenvalue weighted by Gasteiger charge is 2.24. The molecule has 0 fully saturated rings. The fourth-order valence-electron chi connectivity index (χ4n) is 3.13. The molecule has 2 atom stereocenters. The fraction of sp³-hybridized carbons (Fsp3) is 0.381.